The van der Waals surface area contributed by atoms with Crippen LogP contribution in [0, 0.1) is 6.92 Å². The number of fused-ring (bicyclic) bond motifs is 1. The summed E-state index contributed by atoms with van der Waals surface area (Å²) in [6.07, 6.45) is 0. The molecule has 0 unspecified atom stereocenters. The molecule has 33 heavy (non-hydrogen) atoms. The highest BCUT2D eigenvalue weighted by molar-refractivity contribution is 5.97. The number of imidazole rings is 1. The van der Waals surface area contributed by atoms with Gasteiger partial charge in [0.1, 0.15) is 5.82 Å². The van der Waals surface area contributed by atoms with Crippen LogP contribution in [0.15, 0.2) is 42.5 Å². The molecule has 2 aromatic carbocycles. The molecule has 0 bridgehead atoms. The molecule has 8 nitrogen and oxygen atoms in total. The molecule has 0 aliphatic carbocycles. The molecule has 0 radical (unpaired) electrons. The number of rotatable bonds is 5. The highest BCUT2D eigenvalue weighted by atomic mass is 16.2. The molecule has 0 saturated carbocycles. The smallest absolute Gasteiger partial charge is 0.321 e. The summed E-state index contributed by atoms with van der Waals surface area (Å²) in [6.45, 7) is 8.57. The maximum atomic E-state index is 12.6. The summed E-state index contributed by atoms with van der Waals surface area (Å²) in [6, 6.07) is 13.5. The second-order valence-corrected chi connectivity index (χ2v) is 8.74. The number of piperazine rings is 1. The number of aryl methyl sites for hydroxylation is 2. The van der Waals surface area contributed by atoms with Gasteiger partial charge in [0.05, 0.1) is 17.6 Å². The Morgan fingerprint density at radius 3 is 2.48 bits per heavy atom. The summed E-state index contributed by atoms with van der Waals surface area (Å²) in [5.74, 6) is 0.962. The Kier molecular flexibility index (Phi) is 6.65. The molecule has 4 rings (SSSR count). The minimum atomic E-state index is -0.0564. The van der Waals surface area contributed by atoms with E-state index in [0.29, 0.717) is 25.2 Å². The fourth-order valence-electron chi connectivity index (χ4n) is 4.28. The lowest BCUT2D eigenvalue weighted by Crippen LogP contribution is -2.49. The molecule has 0 spiro atoms. The number of aromatic nitrogens is 2. The zero-order chi connectivity index (χ0) is 23.5. The van der Waals surface area contributed by atoms with Gasteiger partial charge in [-0.05, 0) is 49.7 Å². The number of hydrogen-bond acceptors (Lipinski definition) is 4. The van der Waals surface area contributed by atoms with Gasteiger partial charge in [0.25, 0.3) is 5.91 Å². The summed E-state index contributed by atoms with van der Waals surface area (Å²) in [5.41, 5.74) is 4.48. The standard InChI is InChI=1S/C25H32N6O2/c1-5-31-22-10-9-19(24(32)28(3)4)16-21(22)27-23(31)17-29-11-13-30(14-12-29)25(33)26-20-8-6-7-18(2)15-20/h6-10,15-16H,5,11-14,17H2,1-4H3,(H,26,33). The normalized spacial score (nSPS) is 14.5. The second kappa shape index (κ2) is 9.62. The van der Waals surface area contributed by atoms with Crippen molar-refractivity contribution in [2.24, 2.45) is 0 Å². The van der Waals surface area contributed by atoms with E-state index in [1.165, 1.54) is 0 Å². The van der Waals surface area contributed by atoms with Gasteiger partial charge in [-0.1, -0.05) is 12.1 Å². The predicted octanol–water partition coefficient (Wildman–Crippen LogP) is 3.42. The Morgan fingerprint density at radius 1 is 1.06 bits per heavy atom. The Bertz CT molecular complexity index is 1160. The third kappa shape index (κ3) is 5.01. The molecular formula is C25H32N6O2. The monoisotopic (exact) mass is 448 g/mol. The number of carbonyl (C=O) groups is 2. The van der Waals surface area contributed by atoms with Crippen LogP contribution >= 0.6 is 0 Å². The fraction of sp³-hybridized carbons (Fsp3) is 0.400. The first-order valence-electron chi connectivity index (χ1n) is 11.4. The molecule has 2 heterocycles. The van der Waals surface area contributed by atoms with Crippen molar-refractivity contribution in [1.29, 1.82) is 0 Å². The van der Waals surface area contributed by atoms with E-state index in [4.69, 9.17) is 4.98 Å². The van der Waals surface area contributed by atoms with Crippen LogP contribution in [0.25, 0.3) is 11.0 Å². The minimum Gasteiger partial charge on any atom is -0.345 e. The van der Waals surface area contributed by atoms with Gasteiger partial charge in [-0.2, -0.15) is 0 Å². The van der Waals surface area contributed by atoms with Crippen LogP contribution in [0.3, 0.4) is 0 Å². The van der Waals surface area contributed by atoms with Gasteiger partial charge in [-0.25, -0.2) is 9.78 Å². The molecule has 1 saturated heterocycles. The van der Waals surface area contributed by atoms with Crippen molar-refractivity contribution in [3.63, 3.8) is 0 Å². The van der Waals surface area contributed by atoms with Gasteiger partial charge in [0.2, 0.25) is 0 Å². The summed E-state index contributed by atoms with van der Waals surface area (Å²) in [7, 11) is 3.51. The first kappa shape index (κ1) is 22.8. The SMILES string of the molecule is CCn1c(CN2CCN(C(=O)Nc3cccc(C)c3)CC2)nc2cc(C(=O)N(C)C)ccc21. The van der Waals surface area contributed by atoms with Gasteiger partial charge < -0.3 is 19.7 Å². The van der Waals surface area contributed by atoms with Gasteiger partial charge in [-0.3, -0.25) is 9.69 Å². The van der Waals surface area contributed by atoms with E-state index in [1.54, 1.807) is 19.0 Å². The number of urea groups is 1. The second-order valence-electron chi connectivity index (χ2n) is 8.74. The summed E-state index contributed by atoms with van der Waals surface area (Å²) in [5, 5.41) is 3.00. The van der Waals surface area contributed by atoms with Crippen LogP contribution in [0.1, 0.15) is 28.7 Å². The molecule has 1 aromatic heterocycles. The van der Waals surface area contributed by atoms with Gasteiger partial charge in [-0.15, -0.1) is 0 Å². The van der Waals surface area contributed by atoms with E-state index in [9.17, 15) is 9.59 Å². The minimum absolute atomic E-state index is 0.0236. The van der Waals surface area contributed by atoms with Crippen LogP contribution in [0.2, 0.25) is 0 Å². The molecule has 174 valence electrons. The van der Waals surface area contributed by atoms with E-state index < -0.39 is 0 Å². The Balaban J connectivity index is 1.41. The Morgan fingerprint density at radius 2 is 1.82 bits per heavy atom. The third-order valence-electron chi connectivity index (χ3n) is 6.09. The van der Waals surface area contributed by atoms with Crippen molar-refractivity contribution in [3.05, 3.63) is 59.4 Å². The molecule has 3 aromatic rings. The van der Waals surface area contributed by atoms with E-state index in [0.717, 1.165) is 47.7 Å². The molecule has 1 N–H and O–H groups in total. The molecule has 1 aliphatic rings. The zero-order valence-electron chi connectivity index (χ0n) is 19.8. The van der Waals surface area contributed by atoms with Gasteiger partial charge in [0, 0.05) is 58.1 Å². The van der Waals surface area contributed by atoms with Crippen molar-refractivity contribution in [2.75, 3.05) is 45.6 Å². The van der Waals surface area contributed by atoms with Gasteiger partial charge in [0.15, 0.2) is 0 Å². The third-order valence-corrected chi connectivity index (χ3v) is 6.09. The molecule has 8 heteroatoms. The fourth-order valence-corrected chi connectivity index (χ4v) is 4.28. The first-order valence-corrected chi connectivity index (χ1v) is 11.4. The van der Waals surface area contributed by atoms with Crippen molar-refractivity contribution in [1.82, 2.24) is 24.3 Å². The maximum absolute atomic E-state index is 12.6. The van der Waals surface area contributed by atoms with Gasteiger partial charge >= 0.3 is 6.03 Å². The maximum Gasteiger partial charge on any atom is 0.321 e. The predicted molar refractivity (Wildman–Crippen MR) is 130 cm³/mol. The van der Waals surface area contributed by atoms with Crippen molar-refractivity contribution in [2.45, 2.75) is 26.9 Å². The highest BCUT2D eigenvalue weighted by Crippen LogP contribution is 2.21. The first-order chi connectivity index (χ1) is 15.9. The van der Waals surface area contributed by atoms with Crippen molar-refractivity contribution < 1.29 is 9.59 Å². The van der Waals surface area contributed by atoms with E-state index >= 15 is 0 Å². The molecule has 0 atom stereocenters. The van der Waals surface area contributed by atoms with Crippen LogP contribution in [-0.4, -0.2) is 76.5 Å². The molecule has 1 fully saturated rings. The molecule has 1 aliphatic heterocycles. The number of anilines is 1. The van der Waals surface area contributed by atoms with E-state index in [2.05, 4.69) is 21.7 Å². The van der Waals surface area contributed by atoms with E-state index in [1.807, 2.05) is 54.3 Å². The zero-order valence-corrected chi connectivity index (χ0v) is 19.8. The Hall–Kier alpha value is -3.39. The largest absolute Gasteiger partial charge is 0.345 e. The lowest BCUT2D eigenvalue weighted by molar-refractivity contribution is 0.0827. The Labute approximate surface area is 194 Å². The van der Waals surface area contributed by atoms with Crippen LogP contribution < -0.4 is 5.32 Å². The van der Waals surface area contributed by atoms with Crippen molar-refractivity contribution in [3.8, 4) is 0 Å². The average molecular weight is 449 g/mol. The lowest BCUT2D eigenvalue weighted by atomic mass is 10.2. The summed E-state index contributed by atoms with van der Waals surface area (Å²) in [4.78, 5) is 35.6. The number of nitrogens with zero attached hydrogens (tertiary/aromatic N) is 5. The summed E-state index contributed by atoms with van der Waals surface area (Å²) < 4.78 is 2.20. The molecular weight excluding hydrogens is 416 g/mol. The summed E-state index contributed by atoms with van der Waals surface area (Å²) >= 11 is 0. The van der Waals surface area contributed by atoms with Crippen LogP contribution in [0.5, 0.6) is 0 Å². The number of nitrogens with one attached hydrogen (secondary N) is 1. The quantitative estimate of drug-likeness (QED) is 0.649. The molecule has 3 amide bonds. The number of amides is 3. The lowest BCUT2D eigenvalue weighted by Gasteiger charge is -2.34. The highest BCUT2D eigenvalue weighted by Gasteiger charge is 2.23. The topological polar surface area (TPSA) is 73.7 Å². The van der Waals surface area contributed by atoms with Crippen molar-refractivity contribution >= 4 is 28.7 Å². The number of benzene rings is 2. The number of hydrogen-bond donors (Lipinski definition) is 1. The average Bonchev–Trinajstić information content (AvgIpc) is 3.14. The van der Waals surface area contributed by atoms with E-state index in [-0.39, 0.29) is 11.9 Å². The van der Waals surface area contributed by atoms with Crippen LogP contribution in [0.4, 0.5) is 10.5 Å². The number of carbonyl (C=O) groups excluding carboxylic acids is 2. The van der Waals surface area contributed by atoms with Crippen LogP contribution in [-0.2, 0) is 13.1 Å².